The van der Waals surface area contributed by atoms with E-state index in [1.807, 2.05) is 0 Å². The second-order valence-corrected chi connectivity index (χ2v) is 8.98. The first kappa shape index (κ1) is 22.3. The van der Waals surface area contributed by atoms with Crippen LogP contribution in [0.5, 0.6) is 0 Å². The number of fused-ring (bicyclic) bond motifs is 3. The lowest BCUT2D eigenvalue weighted by atomic mass is 9.53. The van der Waals surface area contributed by atoms with Crippen molar-refractivity contribution in [1.82, 2.24) is 10.6 Å². The summed E-state index contributed by atoms with van der Waals surface area (Å²) >= 11 is 0. The van der Waals surface area contributed by atoms with Crippen LogP contribution in [0.2, 0.25) is 0 Å². The number of amides is 2. The zero-order valence-electron chi connectivity index (χ0n) is 17.4. The zero-order valence-corrected chi connectivity index (χ0v) is 17.4. The molecule has 2 aromatic rings. The van der Waals surface area contributed by atoms with Gasteiger partial charge in [-0.3, -0.25) is 9.59 Å². The van der Waals surface area contributed by atoms with Gasteiger partial charge < -0.3 is 10.6 Å². The number of hydrogen-bond acceptors (Lipinski definition) is 2. The Hall–Kier alpha value is -2.90. The number of hydrogen-bond donors (Lipinski definition) is 2. The van der Waals surface area contributed by atoms with Crippen LogP contribution in [0.15, 0.2) is 36.4 Å². The predicted octanol–water partition coefficient (Wildman–Crippen LogP) is 4.52. The third-order valence-electron chi connectivity index (χ3n) is 6.96. The molecule has 8 heteroatoms. The van der Waals surface area contributed by atoms with Crippen LogP contribution in [-0.2, 0) is 22.7 Å². The predicted molar refractivity (Wildman–Crippen MR) is 109 cm³/mol. The molecule has 0 saturated heterocycles. The van der Waals surface area contributed by atoms with E-state index in [-0.39, 0.29) is 24.9 Å². The third-order valence-corrected chi connectivity index (χ3v) is 6.96. The Kier molecular flexibility index (Phi) is 5.97. The second-order valence-electron chi connectivity index (χ2n) is 8.98. The Labute approximate surface area is 183 Å². The van der Waals surface area contributed by atoms with E-state index in [4.69, 9.17) is 0 Å². The Morgan fingerprint density at radius 1 is 0.594 bits per heavy atom. The average molecular weight is 448 g/mol. The molecule has 4 nitrogen and oxygen atoms in total. The Morgan fingerprint density at radius 3 is 1.16 bits per heavy atom. The van der Waals surface area contributed by atoms with Gasteiger partial charge in [0.1, 0.15) is 23.3 Å². The van der Waals surface area contributed by atoms with Crippen molar-refractivity contribution in [1.29, 1.82) is 0 Å². The Balaban J connectivity index is 1.33. The molecule has 0 heterocycles. The second kappa shape index (κ2) is 8.56. The highest BCUT2D eigenvalue weighted by atomic mass is 19.1. The normalized spacial score (nSPS) is 24.2. The monoisotopic (exact) mass is 448 g/mol. The maximum Gasteiger partial charge on any atom is 0.226 e. The SMILES string of the molecule is O=C(NCc1cc(F)cc(F)c1)C12CCC(C(=O)NCc3cc(F)cc(F)c3)(CC1)CC2. The van der Waals surface area contributed by atoms with Gasteiger partial charge in [0.2, 0.25) is 11.8 Å². The van der Waals surface area contributed by atoms with Crippen molar-refractivity contribution < 1.29 is 27.2 Å². The molecule has 3 saturated carbocycles. The molecule has 3 aliphatic rings. The molecule has 3 aliphatic carbocycles. The topological polar surface area (TPSA) is 58.2 Å². The molecule has 2 bridgehead atoms. The van der Waals surface area contributed by atoms with Crippen molar-refractivity contribution in [3.8, 4) is 0 Å². The summed E-state index contributed by atoms with van der Waals surface area (Å²) in [5, 5.41) is 5.59. The minimum Gasteiger partial charge on any atom is -0.352 e. The number of halogens is 4. The Bertz CT molecular complexity index is 908. The van der Waals surface area contributed by atoms with Crippen LogP contribution in [-0.4, -0.2) is 11.8 Å². The molecule has 0 radical (unpaired) electrons. The highest BCUT2D eigenvalue weighted by Gasteiger charge is 2.55. The van der Waals surface area contributed by atoms with Crippen LogP contribution in [0.25, 0.3) is 0 Å². The van der Waals surface area contributed by atoms with E-state index in [2.05, 4.69) is 10.6 Å². The summed E-state index contributed by atoms with van der Waals surface area (Å²) < 4.78 is 53.4. The van der Waals surface area contributed by atoms with Crippen LogP contribution in [0.3, 0.4) is 0 Å². The summed E-state index contributed by atoms with van der Waals surface area (Å²) in [7, 11) is 0. The van der Waals surface area contributed by atoms with E-state index in [0.717, 1.165) is 12.1 Å². The van der Waals surface area contributed by atoms with Crippen LogP contribution < -0.4 is 10.6 Å². The summed E-state index contributed by atoms with van der Waals surface area (Å²) in [6.07, 6.45) is 3.24. The summed E-state index contributed by atoms with van der Waals surface area (Å²) in [6.45, 7) is 0.0656. The highest BCUT2D eigenvalue weighted by molar-refractivity contribution is 5.87. The summed E-state index contributed by atoms with van der Waals surface area (Å²) in [5.74, 6) is -3.10. The number of carbonyl (C=O) groups is 2. The number of nitrogens with one attached hydrogen (secondary N) is 2. The van der Waals surface area contributed by atoms with Gasteiger partial charge in [-0.2, -0.15) is 0 Å². The third kappa shape index (κ3) is 4.49. The van der Waals surface area contributed by atoms with Crippen molar-refractivity contribution in [2.45, 2.75) is 51.6 Å². The number of rotatable bonds is 6. The van der Waals surface area contributed by atoms with Gasteiger partial charge in [-0.25, -0.2) is 17.6 Å². The van der Waals surface area contributed by atoms with Crippen LogP contribution >= 0.6 is 0 Å². The molecule has 32 heavy (non-hydrogen) atoms. The lowest BCUT2D eigenvalue weighted by molar-refractivity contribution is -0.150. The minimum atomic E-state index is -0.695. The maximum atomic E-state index is 13.4. The zero-order chi connectivity index (χ0) is 22.9. The van der Waals surface area contributed by atoms with Crippen molar-refractivity contribution >= 4 is 11.8 Å². The van der Waals surface area contributed by atoms with E-state index < -0.39 is 34.1 Å². The lowest BCUT2D eigenvalue weighted by Crippen LogP contribution is -2.54. The molecule has 5 rings (SSSR count). The van der Waals surface area contributed by atoms with Gasteiger partial charge in [-0.15, -0.1) is 0 Å². The van der Waals surface area contributed by atoms with Crippen molar-refractivity contribution in [3.05, 3.63) is 70.8 Å². The van der Waals surface area contributed by atoms with Gasteiger partial charge in [0, 0.05) is 36.1 Å². The lowest BCUT2D eigenvalue weighted by Gasteiger charge is -2.51. The average Bonchev–Trinajstić information content (AvgIpc) is 2.75. The first-order valence-corrected chi connectivity index (χ1v) is 10.7. The summed E-state index contributed by atoms with van der Waals surface area (Å²) in [6, 6.07) is 6.29. The van der Waals surface area contributed by atoms with Crippen LogP contribution in [0.4, 0.5) is 17.6 Å². The van der Waals surface area contributed by atoms with E-state index >= 15 is 0 Å². The van der Waals surface area contributed by atoms with Gasteiger partial charge in [0.15, 0.2) is 0 Å². The molecule has 2 N–H and O–H groups in total. The van der Waals surface area contributed by atoms with Gasteiger partial charge in [0.05, 0.1) is 0 Å². The summed E-state index contributed by atoms with van der Waals surface area (Å²) in [5.41, 5.74) is -0.470. The molecular weight excluding hydrogens is 424 g/mol. The van der Waals surface area contributed by atoms with Crippen molar-refractivity contribution in [2.75, 3.05) is 0 Å². The number of benzene rings is 2. The molecule has 2 aromatic carbocycles. The van der Waals surface area contributed by atoms with Crippen LogP contribution in [0.1, 0.15) is 49.7 Å². The molecule has 0 aromatic heterocycles. The van der Waals surface area contributed by atoms with Gasteiger partial charge in [-0.1, -0.05) is 0 Å². The molecule has 0 spiro atoms. The standard InChI is InChI=1S/C24H24F4N2O2/c25-17-7-15(8-18(26)11-17)13-29-21(31)23-1-2-24(5-3-23,6-4-23)22(32)30-14-16-9-19(27)12-20(28)10-16/h7-12H,1-6,13-14H2,(H,29,31)(H,30,32). The van der Waals surface area contributed by atoms with Crippen LogP contribution in [0, 0.1) is 34.1 Å². The number of carbonyl (C=O) groups excluding carboxylic acids is 2. The van der Waals surface area contributed by atoms with Crippen molar-refractivity contribution in [2.24, 2.45) is 10.8 Å². The molecule has 0 unspecified atom stereocenters. The van der Waals surface area contributed by atoms with E-state index in [1.54, 1.807) is 0 Å². The molecule has 170 valence electrons. The first-order valence-electron chi connectivity index (χ1n) is 10.7. The highest BCUT2D eigenvalue weighted by Crippen LogP contribution is 2.57. The van der Waals surface area contributed by atoms with Gasteiger partial charge in [-0.05, 0) is 73.9 Å². The molecular formula is C24H24F4N2O2. The van der Waals surface area contributed by atoms with E-state index in [9.17, 15) is 27.2 Å². The fourth-order valence-electron chi connectivity index (χ4n) is 5.03. The fraction of sp³-hybridized carbons (Fsp3) is 0.417. The van der Waals surface area contributed by atoms with Gasteiger partial charge in [0.25, 0.3) is 0 Å². The van der Waals surface area contributed by atoms with E-state index in [1.165, 1.54) is 24.3 Å². The first-order chi connectivity index (χ1) is 15.2. The molecule has 2 amide bonds. The molecule has 0 atom stereocenters. The Morgan fingerprint density at radius 2 is 0.875 bits per heavy atom. The smallest absolute Gasteiger partial charge is 0.226 e. The molecule has 3 fully saturated rings. The van der Waals surface area contributed by atoms with Gasteiger partial charge >= 0.3 is 0 Å². The summed E-state index contributed by atoms with van der Waals surface area (Å²) in [4.78, 5) is 25.8. The quantitative estimate of drug-likeness (QED) is 0.639. The molecule has 0 aliphatic heterocycles. The maximum absolute atomic E-state index is 13.4. The fourth-order valence-corrected chi connectivity index (χ4v) is 5.03. The largest absolute Gasteiger partial charge is 0.352 e. The minimum absolute atomic E-state index is 0.0328. The van der Waals surface area contributed by atoms with E-state index in [0.29, 0.717) is 49.7 Å². The van der Waals surface area contributed by atoms with Crippen molar-refractivity contribution in [3.63, 3.8) is 0 Å².